The SMILES string of the molecule is Cc1cc(C)c(-n2c(C)cc([C@@H]3[C@H](c4ccccn4)NC(=S)N3Cc3cccnc3)c2C)c(C)c1. The number of nitrogens with zero attached hydrogens (tertiary/aromatic N) is 4. The average molecular weight is 482 g/mol. The summed E-state index contributed by atoms with van der Waals surface area (Å²) in [6.07, 6.45) is 5.57. The Labute approximate surface area is 212 Å². The van der Waals surface area contributed by atoms with Crippen molar-refractivity contribution in [1.82, 2.24) is 24.8 Å². The van der Waals surface area contributed by atoms with Crippen LogP contribution < -0.4 is 5.32 Å². The molecule has 6 heteroatoms. The molecule has 2 atom stereocenters. The summed E-state index contributed by atoms with van der Waals surface area (Å²) in [6, 6.07) is 16.9. The van der Waals surface area contributed by atoms with Gasteiger partial charge in [0.15, 0.2) is 5.11 Å². The molecule has 35 heavy (non-hydrogen) atoms. The van der Waals surface area contributed by atoms with Crippen LogP contribution in [-0.4, -0.2) is 24.5 Å². The lowest BCUT2D eigenvalue weighted by molar-refractivity contribution is 0.310. The molecular formula is C29H31N5S. The van der Waals surface area contributed by atoms with E-state index in [0.717, 1.165) is 16.4 Å². The first kappa shape index (κ1) is 23.2. The maximum Gasteiger partial charge on any atom is 0.170 e. The molecule has 0 amide bonds. The van der Waals surface area contributed by atoms with Crippen molar-refractivity contribution in [2.75, 3.05) is 0 Å². The quantitative estimate of drug-likeness (QED) is 0.355. The second kappa shape index (κ2) is 9.27. The standard InChI is InChI=1S/C29H31N5S/c1-18-13-19(2)27(20(3)14-18)34-21(4)15-24(22(34)5)28-26(25-10-6-7-12-31-25)32-29(35)33(28)17-23-9-8-11-30-16-23/h6-16,26,28H,17H2,1-5H3,(H,32,35)/t26-,28+/m0/s1. The number of hydrogen-bond acceptors (Lipinski definition) is 3. The minimum atomic E-state index is -0.0467. The van der Waals surface area contributed by atoms with E-state index in [-0.39, 0.29) is 12.1 Å². The maximum atomic E-state index is 5.89. The van der Waals surface area contributed by atoms with Crippen molar-refractivity contribution in [2.45, 2.75) is 53.2 Å². The zero-order chi connectivity index (χ0) is 24.7. The fraction of sp³-hybridized carbons (Fsp3) is 0.276. The Hall–Kier alpha value is -3.51. The van der Waals surface area contributed by atoms with Crippen LogP contribution in [-0.2, 0) is 6.54 Å². The van der Waals surface area contributed by atoms with Crippen LogP contribution in [0.2, 0.25) is 0 Å². The van der Waals surface area contributed by atoms with Crippen LogP contribution in [0.15, 0.2) is 67.1 Å². The molecule has 4 aromatic rings. The lowest BCUT2D eigenvalue weighted by Crippen LogP contribution is -2.29. The fourth-order valence-corrected chi connectivity index (χ4v) is 5.86. The highest BCUT2D eigenvalue weighted by molar-refractivity contribution is 7.80. The summed E-state index contributed by atoms with van der Waals surface area (Å²) in [5.41, 5.74) is 10.9. The number of aryl methyl sites for hydroxylation is 4. The van der Waals surface area contributed by atoms with Crippen molar-refractivity contribution in [1.29, 1.82) is 0 Å². The van der Waals surface area contributed by atoms with Crippen molar-refractivity contribution in [3.05, 3.63) is 112 Å². The first-order chi connectivity index (χ1) is 16.8. The minimum absolute atomic E-state index is 0.00335. The first-order valence-electron chi connectivity index (χ1n) is 12.0. The molecule has 1 aromatic carbocycles. The van der Waals surface area contributed by atoms with Crippen molar-refractivity contribution >= 4 is 17.3 Å². The van der Waals surface area contributed by atoms with E-state index in [2.05, 4.69) is 84.7 Å². The maximum absolute atomic E-state index is 5.89. The molecule has 1 fully saturated rings. The molecule has 0 saturated carbocycles. The van der Waals surface area contributed by atoms with Crippen molar-refractivity contribution in [3.8, 4) is 5.69 Å². The summed E-state index contributed by atoms with van der Waals surface area (Å²) >= 11 is 5.89. The summed E-state index contributed by atoms with van der Waals surface area (Å²) in [6.45, 7) is 11.7. The van der Waals surface area contributed by atoms with Gasteiger partial charge in [-0.2, -0.15) is 0 Å². The van der Waals surface area contributed by atoms with Crippen molar-refractivity contribution in [2.24, 2.45) is 0 Å². The average Bonchev–Trinajstić information content (AvgIpc) is 3.30. The molecule has 1 aliphatic heterocycles. The summed E-state index contributed by atoms with van der Waals surface area (Å²) in [5, 5.41) is 4.32. The highest BCUT2D eigenvalue weighted by Crippen LogP contribution is 2.42. The van der Waals surface area contributed by atoms with Gasteiger partial charge < -0.3 is 14.8 Å². The number of hydrogen-bond donors (Lipinski definition) is 1. The Morgan fingerprint density at radius 3 is 2.37 bits per heavy atom. The van der Waals surface area contributed by atoms with Gasteiger partial charge in [0.2, 0.25) is 0 Å². The molecule has 4 heterocycles. The van der Waals surface area contributed by atoms with Gasteiger partial charge in [-0.3, -0.25) is 9.97 Å². The summed E-state index contributed by atoms with van der Waals surface area (Å²) in [4.78, 5) is 11.3. The second-order valence-corrected chi connectivity index (χ2v) is 9.91. The molecule has 3 aromatic heterocycles. The first-order valence-corrected chi connectivity index (χ1v) is 12.4. The monoisotopic (exact) mass is 481 g/mol. The molecule has 0 unspecified atom stereocenters. The van der Waals surface area contributed by atoms with E-state index in [1.54, 1.807) is 6.20 Å². The molecule has 178 valence electrons. The van der Waals surface area contributed by atoms with E-state index in [9.17, 15) is 0 Å². The van der Waals surface area contributed by atoms with E-state index in [0.29, 0.717) is 6.54 Å². The van der Waals surface area contributed by atoms with Gasteiger partial charge in [0.05, 0.1) is 23.5 Å². The van der Waals surface area contributed by atoms with Crippen LogP contribution in [0.1, 0.15) is 57.0 Å². The molecule has 0 aliphatic carbocycles. The highest BCUT2D eigenvalue weighted by atomic mass is 32.1. The summed E-state index contributed by atoms with van der Waals surface area (Å²) in [5.74, 6) is 0. The van der Waals surface area contributed by atoms with Gasteiger partial charge in [0, 0.05) is 36.5 Å². The number of pyridine rings is 2. The topological polar surface area (TPSA) is 46.0 Å². The number of benzene rings is 1. The summed E-state index contributed by atoms with van der Waals surface area (Å²) in [7, 11) is 0. The lowest BCUT2D eigenvalue weighted by atomic mass is 9.96. The Balaban J connectivity index is 1.65. The zero-order valence-electron chi connectivity index (χ0n) is 20.9. The largest absolute Gasteiger partial charge is 0.352 e. The third-order valence-corrected chi connectivity index (χ3v) is 7.27. The van der Waals surface area contributed by atoms with Crippen molar-refractivity contribution < 1.29 is 0 Å². The third-order valence-electron chi connectivity index (χ3n) is 6.92. The molecule has 5 rings (SSSR count). The smallest absolute Gasteiger partial charge is 0.170 e. The predicted octanol–water partition coefficient (Wildman–Crippen LogP) is 5.98. The number of rotatable bonds is 5. The molecule has 1 saturated heterocycles. The molecule has 1 aliphatic rings. The van der Waals surface area contributed by atoms with Crippen LogP contribution in [0.25, 0.3) is 5.69 Å². The van der Waals surface area contributed by atoms with Gasteiger partial charge in [-0.1, -0.05) is 29.8 Å². The van der Waals surface area contributed by atoms with Gasteiger partial charge >= 0.3 is 0 Å². The molecule has 1 N–H and O–H groups in total. The molecule has 0 radical (unpaired) electrons. The van der Waals surface area contributed by atoms with Crippen LogP contribution in [0, 0.1) is 34.6 Å². The van der Waals surface area contributed by atoms with Gasteiger partial charge in [-0.25, -0.2) is 0 Å². The van der Waals surface area contributed by atoms with E-state index in [1.807, 2.05) is 30.6 Å². The Kier molecular flexibility index (Phi) is 6.15. The van der Waals surface area contributed by atoms with Gasteiger partial charge in [-0.05, 0) is 93.4 Å². The Morgan fingerprint density at radius 2 is 1.71 bits per heavy atom. The van der Waals surface area contributed by atoms with E-state index >= 15 is 0 Å². The van der Waals surface area contributed by atoms with Crippen LogP contribution in [0.3, 0.4) is 0 Å². The molecule has 0 bridgehead atoms. The van der Waals surface area contributed by atoms with E-state index in [1.165, 1.54) is 39.3 Å². The third kappa shape index (κ3) is 4.23. The second-order valence-electron chi connectivity index (χ2n) is 9.52. The van der Waals surface area contributed by atoms with Crippen LogP contribution in [0.5, 0.6) is 0 Å². The Morgan fingerprint density at radius 1 is 0.943 bits per heavy atom. The number of thiocarbonyl (C=S) groups is 1. The predicted molar refractivity (Wildman–Crippen MR) is 145 cm³/mol. The number of aromatic nitrogens is 3. The normalized spacial score (nSPS) is 17.6. The molecular weight excluding hydrogens is 450 g/mol. The van der Waals surface area contributed by atoms with Gasteiger partial charge in [0.25, 0.3) is 0 Å². The highest BCUT2D eigenvalue weighted by Gasteiger charge is 2.41. The van der Waals surface area contributed by atoms with Crippen molar-refractivity contribution in [3.63, 3.8) is 0 Å². The molecule has 5 nitrogen and oxygen atoms in total. The van der Waals surface area contributed by atoms with Crippen LogP contribution in [0.4, 0.5) is 0 Å². The summed E-state index contributed by atoms with van der Waals surface area (Å²) < 4.78 is 2.40. The van der Waals surface area contributed by atoms with Crippen LogP contribution >= 0.6 is 12.2 Å². The lowest BCUT2D eigenvalue weighted by Gasteiger charge is -2.28. The van der Waals surface area contributed by atoms with Gasteiger partial charge in [0.1, 0.15) is 0 Å². The number of nitrogens with one attached hydrogen (secondary N) is 1. The Bertz CT molecular complexity index is 1350. The molecule has 0 spiro atoms. The van der Waals surface area contributed by atoms with Gasteiger partial charge in [-0.15, -0.1) is 0 Å². The van der Waals surface area contributed by atoms with E-state index in [4.69, 9.17) is 17.2 Å². The fourth-order valence-electron chi connectivity index (χ4n) is 5.56. The minimum Gasteiger partial charge on any atom is -0.352 e. The van der Waals surface area contributed by atoms with E-state index < -0.39 is 0 Å². The zero-order valence-corrected chi connectivity index (χ0v) is 21.7.